The molecule has 0 unspecified atom stereocenters. The number of rotatable bonds is 2. The Morgan fingerprint density at radius 2 is 2.06 bits per heavy atom. The Hall–Kier alpha value is -1.06. The zero-order valence-corrected chi connectivity index (χ0v) is 11.0. The second-order valence-corrected chi connectivity index (χ2v) is 4.74. The lowest BCUT2D eigenvalue weighted by atomic mass is 10.2. The molecular formula is C12H10BrClN2. The zero-order valence-electron chi connectivity index (χ0n) is 8.67. The minimum Gasteiger partial charge on any atom is -0.339 e. The highest BCUT2D eigenvalue weighted by atomic mass is 79.9. The van der Waals surface area contributed by atoms with Crippen LogP contribution in [0, 0.1) is 6.92 Å². The van der Waals surface area contributed by atoms with Gasteiger partial charge in [-0.15, -0.1) is 0 Å². The summed E-state index contributed by atoms with van der Waals surface area (Å²) in [5, 5.41) is 3.90. The number of anilines is 2. The van der Waals surface area contributed by atoms with Crippen LogP contribution >= 0.6 is 27.5 Å². The molecule has 0 amide bonds. The highest BCUT2D eigenvalue weighted by molar-refractivity contribution is 9.10. The van der Waals surface area contributed by atoms with E-state index in [2.05, 4.69) is 26.2 Å². The van der Waals surface area contributed by atoms with Gasteiger partial charge in [-0.3, -0.25) is 0 Å². The van der Waals surface area contributed by atoms with E-state index in [4.69, 9.17) is 11.6 Å². The van der Waals surface area contributed by atoms with Crippen molar-refractivity contribution in [3.05, 3.63) is 51.6 Å². The molecule has 4 heteroatoms. The standard InChI is InChI=1S/C12H10BrClN2/c1-8-3-2-4-10(14)12(8)16-11-6-5-9(13)7-15-11/h2-7H,1H3,(H,15,16). The lowest BCUT2D eigenvalue weighted by molar-refractivity contribution is 1.28. The molecule has 16 heavy (non-hydrogen) atoms. The smallest absolute Gasteiger partial charge is 0.130 e. The van der Waals surface area contributed by atoms with Gasteiger partial charge >= 0.3 is 0 Å². The Kier molecular flexibility index (Phi) is 3.46. The van der Waals surface area contributed by atoms with Gasteiger partial charge in [0.25, 0.3) is 0 Å². The molecule has 1 heterocycles. The van der Waals surface area contributed by atoms with Crippen molar-refractivity contribution in [3.63, 3.8) is 0 Å². The van der Waals surface area contributed by atoms with Crippen LogP contribution in [0.25, 0.3) is 0 Å². The predicted molar refractivity (Wildman–Crippen MR) is 71.4 cm³/mol. The minimum absolute atomic E-state index is 0.699. The Morgan fingerprint density at radius 3 is 2.69 bits per heavy atom. The molecule has 82 valence electrons. The van der Waals surface area contributed by atoms with Crippen LogP contribution in [0.4, 0.5) is 11.5 Å². The number of pyridine rings is 1. The van der Waals surface area contributed by atoms with E-state index in [1.807, 2.05) is 37.3 Å². The SMILES string of the molecule is Cc1cccc(Cl)c1Nc1ccc(Br)cn1. The van der Waals surface area contributed by atoms with Gasteiger partial charge in [-0.05, 0) is 46.6 Å². The molecule has 1 aromatic heterocycles. The van der Waals surface area contributed by atoms with Crippen LogP contribution in [0.5, 0.6) is 0 Å². The third-order valence-electron chi connectivity index (χ3n) is 2.20. The van der Waals surface area contributed by atoms with E-state index in [9.17, 15) is 0 Å². The fraction of sp³-hybridized carbons (Fsp3) is 0.0833. The fourth-order valence-corrected chi connectivity index (χ4v) is 1.87. The molecule has 0 fully saturated rings. The molecule has 1 N–H and O–H groups in total. The maximum atomic E-state index is 6.11. The maximum absolute atomic E-state index is 6.11. The van der Waals surface area contributed by atoms with Crippen molar-refractivity contribution >= 4 is 39.0 Å². The average Bonchev–Trinajstić information content (AvgIpc) is 2.26. The fourth-order valence-electron chi connectivity index (χ4n) is 1.37. The Labute approximate surface area is 108 Å². The summed E-state index contributed by atoms with van der Waals surface area (Å²) in [4.78, 5) is 4.24. The summed E-state index contributed by atoms with van der Waals surface area (Å²) in [6.07, 6.45) is 1.74. The first-order chi connectivity index (χ1) is 7.66. The molecule has 0 aliphatic rings. The zero-order chi connectivity index (χ0) is 11.5. The van der Waals surface area contributed by atoms with E-state index in [1.54, 1.807) is 6.20 Å². The Morgan fingerprint density at radius 1 is 1.25 bits per heavy atom. The summed E-state index contributed by atoms with van der Waals surface area (Å²) in [6, 6.07) is 9.62. The van der Waals surface area contributed by atoms with Crippen molar-refractivity contribution in [2.45, 2.75) is 6.92 Å². The normalized spacial score (nSPS) is 10.2. The van der Waals surface area contributed by atoms with Crippen LogP contribution in [0.2, 0.25) is 5.02 Å². The van der Waals surface area contributed by atoms with Gasteiger partial charge in [0.15, 0.2) is 0 Å². The van der Waals surface area contributed by atoms with Gasteiger partial charge in [0, 0.05) is 10.7 Å². The van der Waals surface area contributed by atoms with Gasteiger partial charge in [0.05, 0.1) is 10.7 Å². The number of hydrogen-bond donors (Lipinski definition) is 1. The van der Waals surface area contributed by atoms with Crippen molar-refractivity contribution in [3.8, 4) is 0 Å². The number of nitrogens with zero attached hydrogens (tertiary/aromatic N) is 1. The van der Waals surface area contributed by atoms with Crippen molar-refractivity contribution < 1.29 is 0 Å². The van der Waals surface area contributed by atoms with Crippen LogP contribution in [-0.4, -0.2) is 4.98 Å². The number of nitrogens with one attached hydrogen (secondary N) is 1. The first-order valence-corrected chi connectivity index (χ1v) is 5.97. The van der Waals surface area contributed by atoms with Crippen LogP contribution in [-0.2, 0) is 0 Å². The van der Waals surface area contributed by atoms with Gasteiger partial charge in [-0.1, -0.05) is 23.7 Å². The monoisotopic (exact) mass is 296 g/mol. The quantitative estimate of drug-likeness (QED) is 0.879. The molecule has 0 saturated heterocycles. The summed E-state index contributed by atoms with van der Waals surface area (Å²) in [5.74, 6) is 0.777. The van der Waals surface area contributed by atoms with E-state index in [1.165, 1.54) is 0 Å². The molecule has 0 saturated carbocycles. The van der Waals surface area contributed by atoms with E-state index in [0.29, 0.717) is 5.02 Å². The van der Waals surface area contributed by atoms with Crippen molar-refractivity contribution in [2.24, 2.45) is 0 Å². The van der Waals surface area contributed by atoms with Crippen LogP contribution in [0.3, 0.4) is 0 Å². The number of aromatic nitrogens is 1. The van der Waals surface area contributed by atoms with E-state index in [0.717, 1.165) is 21.5 Å². The second kappa shape index (κ2) is 4.85. The lowest BCUT2D eigenvalue weighted by Gasteiger charge is -2.10. The molecular weight excluding hydrogens is 288 g/mol. The predicted octanol–water partition coefficient (Wildman–Crippen LogP) is 4.55. The molecule has 2 nitrogen and oxygen atoms in total. The van der Waals surface area contributed by atoms with E-state index in [-0.39, 0.29) is 0 Å². The average molecular weight is 298 g/mol. The molecule has 0 atom stereocenters. The van der Waals surface area contributed by atoms with Crippen molar-refractivity contribution in [1.29, 1.82) is 0 Å². The van der Waals surface area contributed by atoms with Crippen molar-refractivity contribution in [2.75, 3.05) is 5.32 Å². The summed E-state index contributed by atoms with van der Waals surface area (Å²) in [5.41, 5.74) is 2.00. The number of para-hydroxylation sites is 1. The lowest BCUT2D eigenvalue weighted by Crippen LogP contribution is -1.95. The van der Waals surface area contributed by atoms with Gasteiger partial charge < -0.3 is 5.32 Å². The number of aryl methyl sites for hydroxylation is 1. The largest absolute Gasteiger partial charge is 0.339 e. The minimum atomic E-state index is 0.699. The topological polar surface area (TPSA) is 24.9 Å². The Balaban J connectivity index is 2.30. The van der Waals surface area contributed by atoms with Gasteiger partial charge in [0.2, 0.25) is 0 Å². The third-order valence-corrected chi connectivity index (χ3v) is 2.99. The van der Waals surface area contributed by atoms with Crippen LogP contribution in [0.1, 0.15) is 5.56 Å². The molecule has 2 aromatic rings. The summed E-state index contributed by atoms with van der Waals surface area (Å²) in [7, 11) is 0. The number of benzene rings is 1. The van der Waals surface area contributed by atoms with Gasteiger partial charge in [-0.25, -0.2) is 4.98 Å². The molecule has 0 aliphatic heterocycles. The van der Waals surface area contributed by atoms with Gasteiger partial charge in [-0.2, -0.15) is 0 Å². The molecule has 0 spiro atoms. The highest BCUT2D eigenvalue weighted by Gasteiger charge is 2.04. The summed E-state index contributed by atoms with van der Waals surface area (Å²) >= 11 is 9.45. The van der Waals surface area contributed by atoms with Crippen molar-refractivity contribution in [1.82, 2.24) is 4.98 Å². The van der Waals surface area contributed by atoms with Crippen LogP contribution < -0.4 is 5.32 Å². The van der Waals surface area contributed by atoms with E-state index < -0.39 is 0 Å². The van der Waals surface area contributed by atoms with E-state index >= 15 is 0 Å². The maximum Gasteiger partial charge on any atom is 0.130 e. The Bertz CT molecular complexity index is 477. The molecule has 1 aromatic carbocycles. The first kappa shape index (κ1) is 11.4. The molecule has 0 radical (unpaired) electrons. The second-order valence-electron chi connectivity index (χ2n) is 3.42. The highest BCUT2D eigenvalue weighted by Crippen LogP contribution is 2.28. The molecule has 0 aliphatic carbocycles. The van der Waals surface area contributed by atoms with Crippen LogP contribution in [0.15, 0.2) is 41.0 Å². The third kappa shape index (κ3) is 2.54. The number of hydrogen-bond acceptors (Lipinski definition) is 2. The molecule has 0 bridgehead atoms. The first-order valence-electron chi connectivity index (χ1n) is 4.80. The summed E-state index contributed by atoms with van der Waals surface area (Å²) in [6.45, 7) is 2.01. The molecule has 2 rings (SSSR count). The number of halogens is 2. The van der Waals surface area contributed by atoms with Gasteiger partial charge in [0.1, 0.15) is 5.82 Å². The summed E-state index contributed by atoms with van der Waals surface area (Å²) < 4.78 is 0.953.